The number of sulfonamides is 1. The summed E-state index contributed by atoms with van der Waals surface area (Å²) in [6.45, 7) is 0. The molecular weight excluding hydrogens is 416 g/mol. The number of fused-ring (bicyclic) bond motifs is 1. The van der Waals surface area contributed by atoms with Crippen LogP contribution in [0.4, 0.5) is 5.69 Å². The SMILES string of the molecule is CN(C1CCCCC1)S(=O)(=O)c1ccccc1N=Cc1c(O)oc(=O)c2ccccc12. The minimum atomic E-state index is -3.75. The van der Waals surface area contributed by atoms with Gasteiger partial charge < -0.3 is 9.52 Å². The van der Waals surface area contributed by atoms with Gasteiger partial charge >= 0.3 is 5.63 Å². The van der Waals surface area contributed by atoms with E-state index in [-0.39, 0.29) is 22.2 Å². The zero-order valence-corrected chi connectivity index (χ0v) is 18.0. The van der Waals surface area contributed by atoms with Gasteiger partial charge in [-0.05, 0) is 31.0 Å². The van der Waals surface area contributed by atoms with Gasteiger partial charge in [0.2, 0.25) is 10.0 Å². The van der Waals surface area contributed by atoms with Gasteiger partial charge in [0.15, 0.2) is 0 Å². The van der Waals surface area contributed by atoms with Gasteiger partial charge in [-0.25, -0.2) is 13.2 Å². The first-order chi connectivity index (χ1) is 14.9. The molecule has 0 radical (unpaired) electrons. The number of aliphatic imine (C=N–C) groups is 1. The van der Waals surface area contributed by atoms with Crippen LogP contribution >= 0.6 is 0 Å². The smallest absolute Gasteiger partial charge is 0.346 e. The van der Waals surface area contributed by atoms with Crippen LogP contribution in [0.3, 0.4) is 0 Å². The Kier molecular flexibility index (Phi) is 5.93. The van der Waals surface area contributed by atoms with Crippen LogP contribution in [0, 0.1) is 0 Å². The second-order valence-corrected chi connectivity index (χ2v) is 9.66. The molecule has 2 aromatic carbocycles. The summed E-state index contributed by atoms with van der Waals surface area (Å²) in [6.07, 6.45) is 6.21. The van der Waals surface area contributed by atoms with Crippen molar-refractivity contribution in [2.45, 2.75) is 43.0 Å². The van der Waals surface area contributed by atoms with Crippen molar-refractivity contribution in [3.05, 3.63) is 64.5 Å². The molecule has 0 bridgehead atoms. The third-order valence-electron chi connectivity index (χ3n) is 5.80. The Balaban J connectivity index is 1.74. The molecule has 0 aliphatic heterocycles. The van der Waals surface area contributed by atoms with Gasteiger partial charge in [-0.15, -0.1) is 0 Å². The molecule has 1 fully saturated rings. The predicted octanol–water partition coefficient (Wildman–Crippen LogP) is 4.20. The molecule has 1 aliphatic carbocycles. The van der Waals surface area contributed by atoms with Gasteiger partial charge in [0, 0.05) is 24.7 Å². The molecule has 4 rings (SSSR count). The first-order valence-electron chi connectivity index (χ1n) is 10.3. The molecule has 1 aromatic heterocycles. The molecule has 1 heterocycles. The Morgan fingerprint density at radius 3 is 2.42 bits per heavy atom. The zero-order chi connectivity index (χ0) is 22.0. The maximum atomic E-state index is 13.3. The Morgan fingerprint density at radius 1 is 1.03 bits per heavy atom. The lowest BCUT2D eigenvalue weighted by atomic mass is 9.96. The van der Waals surface area contributed by atoms with Gasteiger partial charge in [-0.1, -0.05) is 49.6 Å². The minimum absolute atomic E-state index is 0.0211. The second kappa shape index (κ2) is 8.64. The summed E-state index contributed by atoms with van der Waals surface area (Å²) in [6, 6.07) is 13.2. The molecular formula is C23H24N2O5S. The Hall–Kier alpha value is -2.97. The third-order valence-corrected chi connectivity index (χ3v) is 7.76. The van der Waals surface area contributed by atoms with Crippen molar-refractivity contribution < 1.29 is 17.9 Å². The highest BCUT2D eigenvalue weighted by molar-refractivity contribution is 7.89. The molecule has 0 spiro atoms. The maximum Gasteiger partial charge on any atom is 0.346 e. The fraction of sp³-hybridized carbons (Fsp3) is 0.304. The lowest BCUT2D eigenvalue weighted by molar-refractivity contribution is 0.286. The van der Waals surface area contributed by atoms with Crippen molar-refractivity contribution in [2.75, 3.05) is 7.05 Å². The number of nitrogens with zero attached hydrogens (tertiary/aromatic N) is 2. The third kappa shape index (κ3) is 4.13. The van der Waals surface area contributed by atoms with Crippen LogP contribution in [0.15, 0.2) is 67.6 Å². The molecule has 162 valence electrons. The van der Waals surface area contributed by atoms with Gasteiger partial charge in [0.05, 0.1) is 16.6 Å². The summed E-state index contributed by atoms with van der Waals surface area (Å²) >= 11 is 0. The van der Waals surface area contributed by atoms with E-state index in [1.54, 1.807) is 49.5 Å². The van der Waals surface area contributed by atoms with Crippen LogP contribution in [0.1, 0.15) is 37.7 Å². The summed E-state index contributed by atoms with van der Waals surface area (Å²) in [5.74, 6) is -0.563. The van der Waals surface area contributed by atoms with Crippen LogP contribution in [-0.2, 0) is 10.0 Å². The number of benzene rings is 2. The average Bonchev–Trinajstić information content (AvgIpc) is 2.79. The Morgan fingerprint density at radius 2 is 1.68 bits per heavy atom. The molecule has 0 amide bonds. The number of hydrogen-bond acceptors (Lipinski definition) is 6. The van der Waals surface area contributed by atoms with Crippen molar-refractivity contribution in [3.8, 4) is 5.95 Å². The predicted molar refractivity (Wildman–Crippen MR) is 120 cm³/mol. The van der Waals surface area contributed by atoms with E-state index < -0.39 is 21.6 Å². The lowest BCUT2D eigenvalue weighted by Crippen LogP contribution is -2.38. The van der Waals surface area contributed by atoms with E-state index in [0.717, 1.165) is 32.1 Å². The van der Waals surface area contributed by atoms with Gasteiger partial charge in [0.1, 0.15) is 4.90 Å². The van der Waals surface area contributed by atoms with Gasteiger partial charge in [-0.3, -0.25) is 4.99 Å². The monoisotopic (exact) mass is 440 g/mol. The van der Waals surface area contributed by atoms with E-state index in [1.165, 1.54) is 16.6 Å². The summed E-state index contributed by atoms with van der Waals surface area (Å²) in [5, 5.41) is 10.9. The Bertz CT molecular complexity index is 1290. The molecule has 1 saturated carbocycles. The lowest BCUT2D eigenvalue weighted by Gasteiger charge is -2.30. The maximum absolute atomic E-state index is 13.3. The standard InChI is InChI=1S/C23H24N2O5S/c1-25(16-9-3-2-4-10-16)31(28,29)21-14-8-7-13-20(21)24-15-19-17-11-5-6-12-18(17)22(26)30-23(19)27/h5-8,11-16,27H,2-4,9-10H2,1H3. The fourth-order valence-corrected chi connectivity index (χ4v) is 5.59. The van der Waals surface area contributed by atoms with Crippen LogP contribution in [0.25, 0.3) is 10.8 Å². The first kappa shape index (κ1) is 21.3. The van der Waals surface area contributed by atoms with Crippen LogP contribution < -0.4 is 5.63 Å². The topological polar surface area (TPSA) is 100 Å². The molecule has 31 heavy (non-hydrogen) atoms. The van der Waals surface area contributed by atoms with Crippen LogP contribution in [0.5, 0.6) is 5.95 Å². The van der Waals surface area contributed by atoms with E-state index in [2.05, 4.69) is 4.99 Å². The van der Waals surface area contributed by atoms with E-state index in [9.17, 15) is 18.3 Å². The van der Waals surface area contributed by atoms with Crippen LogP contribution in [0.2, 0.25) is 0 Å². The van der Waals surface area contributed by atoms with Gasteiger partial charge in [0.25, 0.3) is 5.95 Å². The van der Waals surface area contributed by atoms with Crippen molar-refractivity contribution in [2.24, 2.45) is 4.99 Å². The molecule has 0 saturated heterocycles. The van der Waals surface area contributed by atoms with Crippen molar-refractivity contribution in [1.29, 1.82) is 0 Å². The largest absolute Gasteiger partial charge is 0.480 e. The number of para-hydroxylation sites is 1. The highest BCUT2D eigenvalue weighted by Crippen LogP contribution is 2.31. The van der Waals surface area contributed by atoms with Crippen LogP contribution in [-0.4, -0.2) is 37.1 Å². The molecule has 1 aliphatic rings. The fourth-order valence-electron chi connectivity index (χ4n) is 4.05. The zero-order valence-electron chi connectivity index (χ0n) is 17.2. The number of aromatic hydroxyl groups is 1. The number of hydrogen-bond donors (Lipinski definition) is 1. The Labute approximate surface area is 180 Å². The summed E-state index contributed by atoms with van der Waals surface area (Å²) in [4.78, 5) is 16.4. The first-order valence-corrected chi connectivity index (χ1v) is 11.7. The quantitative estimate of drug-likeness (QED) is 0.599. The number of rotatable bonds is 5. The molecule has 1 N–H and O–H groups in total. The van der Waals surface area contributed by atoms with E-state index in [4.69, 9.17) is 4.42 Å². The van der Waals surface area contributed by atoms with E-state index in [1.807, 2.05) is 0 Å². The minimum Gasteiger partial charge on any atom is -0.480 e. The molecule has 8 heteroatoms. The van der Waals surface area contributed by atoms with Crippen molar-refractivity contribution in [3.63, 3.8) is 0 Å². The highest BCUT2D eigenvalue weighted by atomic mass is 32.2. The van der Waals surface area contributed by atoms with Crippen molar-refractivity contribution in [1.82, 2.24) is 4.31 Å². The molecule has 0 atom stereocenters. The average molecular weight is 441 g/mol. The summed E-state index contributed by atoms with van der Waals surface area (Å²) in [5.41, 5.74) is -0.190. The molecule has 3 aromatic rings. The summed E-state index contributed by atoms with van der Waals surface area (Å²) in [7, 11) is -2.13. The normalized spacial score (nSPS) is 15.8. The second-order valence-electron chi connectivity index (χ2n) is 7.69. The highest BCUT2D eigenvalue weighted by Gasteiger charge is 2.30. The summed E-state index contributed by atoms with van der Waals surface area (Å²) < 4.78 is 33.0. The van der Waals surface area contributed by atoms with E-state index in [0.29, 0.717) is 10.8 Å². The molecule has 7 nitrogen and oxygen atoms in total. The van der Waals surface area contributed by atoms with E-state index >= 15 is 0 Å². The molecule has 0 unspecified atom stereocenters. The van der Waals surface area contributed by atoms with Gasteiger partial charge in [-0.2, -0.15) is 4.31 Å². The van der Waals surface area contributed by atoms with Crippen molar-refractivity contribution >= 4 is 32.7 Å².